The lowest BCUT2D eigenvalue weighted by atomic mass is 10.1. The maximum absolute atomic E-state index is 10.9. The lowest BCUT2D eigenvalue weighted by molar-refractivity contribution is -0.141. The smallest absolute Gasteiger partial charge is 0.307 e. The van der Waals surface area contributed by atoms with Crippen LogP contribution in [0.1, 0.15) is 6.42 Å². The van der Waals surface area contributed by atoms with Crippen molar-refractivity contribution in [2.75, 3.05) is 0 Å². The van der Waals surface area contributed by atoms with Gasteiger partial charge in [0.25, 0.3) is 0 Å². The van der Waals surface area contributed by atoms with Gasteiger partial charge in [-0.3, -0.25) is 9.59 Å². The first-order valence-corrected chi connectivity index (χ1v) is 3.56. The zero-order valence-corrected chi connectivity index (χ0v) is 5.73. The molecule has 0 amide bonds. The van der Waals surface area contributed by atoms with Crippen molar-refractivity contribution >= 4 is 11.8 Å². The van der Waals surface area contributed by atoms with E-state index in [9.17, 15) is 9.59 Å². The summed E-state index contributed by atoms with van der Waals surface area (Å²) in [7, 11) is 0. The Morgan fingerprint density at radius 2 is 2.18 bits per heavy atom. The molecule has 60 valence electrons. The van der Waals surface area contributed by atoms with Crippen LogP contribution in [0.3, 0.4) is 0 Å². The predicted molar refractivity (Wildman–Crippen MR) is 33.7 cm³/mol. The largest absolute Gasteiger partial charge is 0.481 e. The summed E-state index contributed by atoms with van der Waals surface area (Å²) in [6, 6.07) is 0. The fourth-order valence-electron chi connectivity index (χ4n) is 2.02. The summed E-state index contributed by atoms with van der Waals surface area (Å²) in [4.78, 5) is 21.3. The molecule has 0 heterocycles. The molecule has 2 saturated carbocycles. The Morgan fingerprint density at radius 1 is 1.55 bits per heavy atom. The van der Waals surface area contributed by atoms with Crippen molar-refractivity contribution in [1.29, 1.82) is 0 Å². The SMILES string of the molecule is O=C(O)C1C2C(=O)CC(O)C12. The minimum atomic E-state index is -0.952. The van der Waals surface area contributed by atoms with Crippen molar-refractivity contribution in [3.63, 3.8) is 0 Å². The van der Waals surface area contributed by atoms with E-state index in [1.807, 2.05) is 0 Å². The van der Waals surface area contributed by atoms with Crippen molar-refractivity contribution in [3.05, 3.63) is 0 Å². The van der Waals surface area contributed by atoms with E-state index in [1.54, 1.807) is 0 Å². The van der Waals surface area contributed by atoms with Gasteiger partial charge in [0, 0.05) is 18.3 Å². The van der Waals surface area contributed by atoms with Gasteiger partial charge in [0.2, 0.25) is 0 Å². The first-order chi connectivity index (χ1) is 5.13. The summed E-state index contributed by atoms with van der Waals surface area (Å²) in [6.45, 7) is 0. The molecule has 4 atom stereocenters. The van der Waals surface area contributed by atoms with Crippen molar-refractivity contribution in [3.8, 4) is 0 Å². The van der Waals surface area contributed by atoms with E-state index in [4.69, 9.17) is 10.2 Å². The van der Waals surface area contributed by atoms with Gasteiger partial charge in [-0.25, -0.2) is 0 Å². The lowest BCUT2D eigenvalue weighted by Crippen LogP contribution is -2.16. The molecule has 11 heavy (non-hydrogen) atoms. The molecule has 0 bridgehead atoms. The van der Waals surface area contributed by atoms with Gasteiger partial charge in [0.15, 0.2) is 0 Å². The van der Waals surface area contributed by atoms with Crippen LogP contribution in [-0.2, 0) is 9.59 Å². The molecule has 2 aliphatic rings. The average molecular weight is 156 g/mol. The molecule has 0 saturated heterocycles. The van der Waals surface area contributed by atoms with E-state index >= 15 is 0 Å². The van der Waals surface area contributed by atoms with Gasteiger partial charge in [-0.15, -0.1) is 0 Å². The number of hydrogen-bond donors (Lipinski definition) is 2. The van der Waals surface area contributed by atoms with Gasteiger partial charge in [0.05, 0.1) is 12.0 Å². The summed E-state index contributed by atoms with van der Waals surface area (Å²) in [5.41, 5.74) is 0. The van der Waals surface area contributed by atoms with Crippen molar-refractivity contribution in [2.45, 2.75) is 12.5 Å². The van der Waals surface area contributed by atoms with Gasteiger partial charge in [-0.05, 0) is 0 Å². The van der Waals surface area contributed by atoms with E-state index in [0.29, 0.717) is 0 Å². The Morgan fingerprint density at radius 3 is 2.45 bits per heavy atom. The number of aliphatic hydroxyl groups excluding tert-OH is 1. The van der Waals surface area contributed by atoms with Crippen molar-refractivity contribution in [2.24, 2.45) is 17.8 Å². The molecule has 2 fully saturated rings. The molecule has 0 aliphatic heterocycles. The topological polar surface area (TPSA) is 74.6 Å². The molecular weight excluding hydrogens is 148 g/mol. The second kappa shape index (κ2) is 1.82. The minimum Gasteiger partial charge on any atom is -0.481 e. The summed E-state index contributed by atoms with van der Waals surface area (Å²) in [5, 5.41) is 17.7. The third-order valence-corrected chi connectivity index (χ3v) is 2.59. The van der Waals surface area contributed by atoms with E-state index in [-0.39, 0.29) is 24.0 Å². The number of rotatable bonds is 1. The summed E-state index contributed by atoms with van der Waals surface area (Å²) in [6.07, 6.45) is -0.548. The highest BCUT2D eigenvalue weighted by atomic mass is 16.4. The number of Topliss-reactive ketones (excluding diaryl/α,β-unsaturated/α-hetero) is 1. The van der Waals surface area contributed by atoms with Crippen molar-refractivity contribution < 1.29 is 19.8 Å². The molecule has 4 nitrogen and oxygen atoms in total. The highest BCUT2D eigenvalue weighted by Gasteiger charge is 2.66. The van der Waals surface area contributed by atoms with Crippen LogP contribution in [-0.4, -0.2) is 28.1 Å². The lowest BCUT2D eigenvalue weighted by Gasteiger charge is -2.02. The summed E-state index contributed by atoms with van der Waals surface area (Å²) in [5.74, 6) is -2.28. The van der Waals surface area contributed by atoms with Crippen LogP contribution in [0.15, 0.2) is 0 Å². The molecule has 0 aromatic carbocycles. The number of fused-ring (bicyclic) bond motifs is 1. The van der Waals surface area contributed by atoms with E-state index in [2.05, 4.69) is 0 Å². The van der Waals surface area contributed by atoms with Gasteiger partial charge in [-0.1, -0.05) is 0 Å². The third-order valence-electron chi connectivity index (χ3n) is 2.59. The highest BCUT2D eigenvalue weighted by Crippen LogP contribution is 2.55. The monoisotopic (exact) mass is 156 g/mol. The highest BCUT2D eigenvalue weighted by molar-refractivity contribution is 5.95. The molecule has 2 aliphatic carbocycles. The second-order valence-corrected chi connectivity index (χ2v) is 3.20. The normalized spacial score (nSPS) is 47.2. The fourth-order valence-corrected chi connectivity index (χ4v) is 2.02. The van der Waals surface area contributed by atoms with Crippen LogP contribution in [0.2, 0.25) is 0 Å². The molecule has 4 heteroatoms. The number of carbonyl (C=O) groups is 2. The Hall–Kier alpha value is -0.900. The standard InChI is InChI=1S/C7H8O4/c8-2-1-3(9)5-4(2)6(5)7(10)11/h2,4-6,8H,1H2,(H,10,11). The summed E-state index contributed by atoms with van der Waals surface area (Å²) >= 11 is 0. The van der Waals surface area contributed by atoms with Crippen LogP contribution in [0.25, 0.3) is 0 Å². The molecule has 0 radical (unpaired) electrons. The first kappa shape index (κ1) is 6.79. The van der Waals surface area contributed by atoms with Crippen LogP contribution < -0.4 is 0 Å². The molecule has 4 unspecified atom stereocenters. The Labute approximate surface area is 62.8 Å². The third kappa shape index (κ3) is 0.728. The maximum atomic E-state index is 10.9. The van der Waals surface area contributed by atoms with Gasteiger partial charge < -0.3 is 10.2 Å². The fraction of sp³-hybridized carbons (Fsp3) is 0.714. The first-order valence-electron chi connectivity index (χ1n) is 3.56. The zero-order chi connectivity index (χ0) is 8.17. The molecule has 0 aromatic rings. The molecule has 0 spiro atoms. The van der Waals surface area contributed by atoms with Gasteiger partial charge in [0.1, 0.15) is 5.78 Å². The second-order valence-electron chi connectivity index (χ2n) is 3.20. The minimum absolute atomic E-state index is 0.0881. The van der Waals surface area contributed by atoms with E-state index in [0.717, 1.165) is 0 Å². The van der Waals surface area contributed by atoms with Crippen molar-refractivity contribution in [1.82, 2.24) is 0 Å². The number of aliphatic carboxylic acids is 1. The molecule has 2 N–H and O–H groups in total. The average Bonchev–Trinajstić information content (AvgIpc) is 2.53. The van der Waals surface area contributed by atoms with Crippen LogP contribution in [0.5, 0.6) is 0 Å². The van der Waals surface area contributed by atoms with Gasteiger partial charge >= 0.3 is 5.97 Å². The van der Waals surface area contributed by atoms with Crippen LogP contribution >= 0.6 is 0 Å². The number of carbonyl (C=O) groups excluding carboxylic acids is 1. The Bertz CT molecular complexity index is 231. The van der Waals surface area contributed by atoms with E-state index in [1.165, 1.54) is 0 Å². The molecule has 2 rings (SSSR count). The molecular formula is C7H8O4. The quantitative estimate of drug-likeness (QED) is 0.524. The molecule has 0 aromatic heterocycles. The number of carboxylic acids is 1. The Balaban J connectivity index is 2.16. The number of carboxylic acid groups (broad SMARTS) is 1. The summed E-state index contributed by atoms with van der Waals surface area (Å²) < 4.78 is 0. The zero-order valence-electron chi connectivity index (χ0n) is 5.73. The van der Waals surface area contributed by atoms with Crippen LogP contribution in [0, 0.1) is 17.8 Å². The number of hydrogen-bond acceptors (Lipinski definition) is 3. The van der Waals surface area contributed by atoms with E-state index < -0.39 is 18.0 Å². The van der Waals surface area contributed by atoms with Gasteiger partial charge in [-0.2, -0.15) is 0 Å². The number of ketones is 1. The maximum Gasteiger partial charge on any atom is 0.307 e. The predicted octanol–water partition coefficient (Wildman–Crippen LogP) is -0.733. The number of aliphatic hydroxyl groups is 1. The van der Waals surface area contributed by atoms with Crippen LogP contribution in [0.4, 0.5) is 0 Å². The Kier molecular flexibility index (Phi) is 1.12.